The van der Waals surface area contributed by atoms with Crippen LogP contribution in [0.25, 0.3) is 0 Å². The number of anilines is 1. The van der Waals surface area contributed by atoms with Crippen molar-refractivity contribution in [3.8, 4) is 0 Å². The van der Waals surface area contributed by atoms with Crippen molar-refractivity contribution in [1.82, 2.24) is 0 Å². The number of benzene rings is 1. The van der Waals surface area contributed by atoms with Crippen LogP contribution in [0, 0.1) is 0 Å². The van der Waals surface area contributed by atoms with Crippen molar-refractivity contribution in [1.29, 1.82) is 0 Å². The molecule has 0 spiro atoms. The zero-order valence-corrected chi connectivity index (χ0v) is 6.87. The number of primary amides is 1. The van der Waals surface area contributed by atoms with Gasteiger partial charge in [-0.2, -0.15) is 0 Å². The average Bonchev–Trinajstić information content (AvgIpc) is 2.04. The number of amides is 2. The van der Waals surface area contributed by atoms with Gasteiger partial charge in [0.05, 0.1) is 0 Å². The van der Waals surface area contributed by atoms with Gasteiger partial charge in [-0.3, -0.25) is 0 Å². The van der Waals surface area contributed by atoms with Crippen molar-refractivity contribution in [2.24, 2.45) is 5.73 Å². The molecule has 0 aliphatic heterocycles. The summed E-state index contributed by atoms with van der Waals surface area (Å²) in [5, 5.41) is 2.53. The van der Waals surface area contributed by atoms with Crippen molar-refractivity contribution < 1.29 is 4.79 Å². The summed E-state index contributed by atoms with van der Waals surface area (Å²) in [4.78, 5) is 10.5. The van der Waals surface area contributed by atoms with Gasteiger partial charge >= 0.3 is 6.03 Å². The molecule has 61 valence electrons. The van der Waals surface area contributed by atoms with Crippen molar-refractivity contribution >= 4 is 24.5 Å². The molecule has 2 amide bonds. The molecule has 0 heterocycles. The second-order valence-corrected chi connectivity index (χ2v) is 2.37. The van der Waals surface area contributed by atoms with Crippen LogP contribution >= 0.6 is 0 Å². The third-order valence-electron chi connectivity index (χ3n) is 1.53. The summed E-state index contributed by atoms with van der Waals surface area (Å²) < 4.78 is 0. The van der Waals surface area contributed by atoms with Crippen molar-refractivity contribution in [2.75, 3.05) is 5.32 Å². The monoisotopic (exact) mass is 161 g/mol. The third kappa shape index (κ3) is 2.02. The quantitative estimate of drug-likeness (QED) is 0.611. The Morgan fingerprint density at radius 2 is 2.17 bits per heavy atom. The first-order chi connectivity index (χ1) is 5.74. The lowest BCUT2D eigenvalue weighted by Crippen LogP contribution is -2.25. The smallest absolute Gasteiger partial charge is 0.316 e. The highest BCUT2D eigenvalue weighted by atomic mass is 16.2. The van der Waals surface area contributed by atoms with E-state index in [4.69, 9.17) is 5.73 Å². The fourth-order valence-corrected chi connectivity index (χ4v) is 0.995. The molecule has 1 rings (SSSR count). The Kier molecular flexibility index (Phi) is 2.74. The summed E-state index contributed by atoms with van der Waals surface area (Å²) in [6, 6.07) is 6.93. The van der Waals surface area contributed by atoms with Gasteiger partial charge < -0.3 is 11.1 Å². The van der Waals surface area contributed by atoms with Crippen LogP contribution in [-0.4, -0.2) is 13.3 Å². The van der Waals surface area contributed by atoms with Gasteiger partial charge in [0.2, 0.25) is 0 Å². The minimum absolute atomic E-state index is 0.538. The average molecular weight is 161 g/mol. The van der Waals surface area contributed by atoms with E-state index in [9.17, 15) is 4.79 Å². The zero-order valence-electron chi connectivity index (χ0n) is 6.87. The van der Waals surface area contributed by atoms with Crippen molar-refractivity contribution in [3.63, 3.8) is 0 Å². The topological polar surface area (TPSA) is 55.1 Å². The molecule has 12 heavy (non-hydrogen) atoms. The van der Waals surface area contributed by atoms with E-state index in [1.165, 1.54) is 0 Å². The van der Waals surface area contributed by atoms with Gasteiger partial charge in [0.25, 0.3) is 0 Å². The lowest BCUT2D eigenvalue weighted by Gasteiger charge is -2.06. The normalized spacial score (nSPS) is 9.08. The van der Waals surface area contributed by atoms with E-state index in [0.717, 1.165) is 11.2 Å². The van der Waals surface area contributed by atoms with E-state index in [1.807, 2.05) is 32.3 Å². The zero-order chi connectivity index (χ0) is 8.97. The SMILES string of the molecule is C[B]c1ccccc1NC(N)=O. The molecule has 4 heteroatoms. The first-order valence-corrected chi connectivity index (χ1v) is 3.69. The summed E-state index contributed by atoms with van der Waals surface area (Å²) in [5.41, 5.74) is 6.70. The first-order valence-electron chi connectivity index (χ1n) is 3.69. The highest BCUT2D eigenvalue weighted by molar-refractivity contribution is 6.54. The maximum Gasteiger partial charge on any atom is 0.316 e. The second-order valence-electron chi connectivity index (χ2n) is 2.37. The van der Waals surface area contributed by atoms with E-state index >= 15 is 0 Å². The van der Waals surface area contributed by atoms with Gasteiger partial charge in [-0.25, -0.2) is 4.79 Å². The summed E-state index contributed by atoms with van der Waals surface area (Å²) in [6.45, 7) is 1.90. The Morgan fingerprint density at radius 1 is 1.50 bits per heavy atom. The number of hydrogen-bond donors (Lipinski definition) is 2. The fraction of sp³-hybridized carbons (Fsp3) is 0.125. The van der Waals surface area contributed by atoms with Crippen LogP contribution in [-0.2, 0) is 0 Å². The number of para-hydroxylation sites is 1. The van der Waals surface area contributed by atoms with Crippen LogP contribution in [0.5, 0.6) is 0 Å². The van der Waals surface area contributed by atoms with Crippen LogP contribution in [0.3, 0.4) is 0 Å². The van der Waals surface area contributed by atoms with Gasteiger partial charge in [-0.15, -0.1) is 0 Å². The molecule has 0 aliphatic carbocycles. The van der Waals surface area contributed by atoms with Gasteiger partial charge in [-0.1, -0.05) is 30.5 Å². The molecule has 0 aliphatic rings. The number of urea groups is 1. The molecule has 0 fully saturated rings. The van der Waals surface area contributed by atoms with E-state index in [0.29, 0.717) is 0 Å². The molecular weight excluding hydrogens is 151 g/mol. The molecule has 1 aromatic rings. The largest absolute Gasteiger partial charge is 0.351 e. The number of nitrogens with one attached hydrogen (secondary N) is 1. The van der Waals surface area contributed by atoms with Crippen molar-refractivity contribution in [3.05, 3.63) is 24.3 Å². The fourth-order valence-electron chi connectivity index (χ4n) is 0.995. The molecule has 0 aromatic heterocycles. The van der Waals surface area contributed by atoms with Crippen LogP contribution in [0.2, 0.25) is 6.82 Å². The lowest BCUT2D eigenvalue weighted by molar-refractivity contribution is 0.259. The molecule has 0 saturated heterocycles. The molecule has 1 aromatic carbocycles. The van der Waals surface area contributed by atoms with Crippen LogP contribution in [0.15, 0.2) is 24.3 Å². The van der Waals surface area contributed by atoms with Gasteiger partial charge in [0.1, 0.15) is 0 Å². The van der Waals surface area contributed by atoms with Crippen molar-refractivity contribution in [2.45, 2.75) is 6.82 Å². The van der Waals surface area contributed by atoms with E-state index < -0.39 is 6.03 Å². The molecule has 3 nitrogen and oxygen atoms in total. The number of carbonyl (C=O) groups excluding carboxylic acids is 1. The summed E-state index contributed by atoms with van der Waals surface area (Å²) in [5.74, 6) is 0. The van der Waals surface area contributed by atoms with Crippen LogP contribution in [0.1, 0.15) is 0 Å². The third-order valence-corrected chi connectivity index (χ3v) is 1.53. The number of nitrogens with two attached hydrogens (primary N) is 1. The lowest BCUT2D eigenvalue weighted by atomic mass is 9.72. The molecule has 0 saturated carbocycles. The van der Waals surface area contributed by atoms with E-state index in [2.05, 4.69) is 5.32 Å². The number of carbonyl (C=O) groups is 1. The maximum atomic E-state index is 10.5. The summed E-state index contributed by atoms with van der Waals surface area (Å²) >= 11 is 0. The molecule has 0 atom stereocenters. The highest BCUT2D eigenvalue weighted by Gasteiger charge is 2.00. The summed E-state index contributed by atoms with van der Waals surface area (Å²) in [7, 11) is 1.91. The molecule has 1 radical (unpaired) electrons. The van der Waals surface area contributed by atoms with Gasteiger partial charge in [0.15, 0.2) is 7.28 Å². The summed E-state index contributed by atoms with van der Waals surface area (Å²) in [6.07, 6.45) is 0. The number of hydrogen-bond acceptors (Lipinski definition) is 1. The number of rotatable bonds is 2. The molecule has 0 unspecified atom stereocenters. The van der Waals surface area contributed by atoms with Crippen LogP contribution < -0.4 is 16.5 Å². The molecular formula is C8H10BN2O. The Morgan fingerprint density at radius 3 is 2.75 bits per heavy atom. The minimum Gasteiger partial charge on any atom is -0.351 e. The maximum absolute atomic E-state index is 10.5. The molecule has 3 N–H and O–H groups in total. The van der Waals surface area contributed by atoms with E-state index in [-0.39, 0.29) is 0 Å². The van der Waals surface area contributed by atoms with Crippen LogP contribution in [0.4, 0.5) is 10.5 Å². The minimum atomic E-state index is -0.538. The van der Waals surface area contributed by atoms with Gasteiger partial charge in [-0.05, 0) is 6.07 Å². The molecule has 0 bridgehead atoms. The Labute approximate surface area is 72.2 Å². The Bertz CT molecular complexity index is 288. The predicted octanol–water partition coefficient (Wildman–Crippen LogP) is 0.555. The predicted molar refractivity (Wildman–Crippen MR) is 50.9 cm³/mol. The van der Waals surface area contributed by atoms with Gasteiger partial charge in [0, 0.05) is 5.69 Å². The van der Waals surface area contributed by atoms with E-state index in [1.54, 1.807) is 6.07 Å². The second kappa shape index (κ2) is 3.81. The highest BCUT2D eigenvalue weighted by Crippen LogP contribution is 2.01. The standard InChI is InChI=1S/C8H10BN2O/c1-9-6-4-2-3-5-7(6)11-8(10)12/h2-5H,1H3,(H3,10,11,12). The Balaban J connectivity index is 2.89. The Hall–Kier alpha value is -1.45. The first kappa shape index (κ1) is 8.65.